The third-order valence-electron chi connectivity index (χ3n) is 5.46. The van der Waals surface area contributed by atoms with Crippen LogP contribution in [0.15, 0.2) is 55.0 Å². The molecule has 0 unspecified atom stereocenters. The monoisotopic (exact) mass is 391 g/mol. The van der Waals surface area contributed by atoms with E-state index in [-0.39, 0.29) is 17.7 Å². The molecule has 29 heavy (non-hydrogen) atoms. The zero-order chi connectivity index (χ0) is 20.1. The highest BCUT2D eigenvalue weighted by molar-refractivity contribution is 5.94. The molecule has 0 bridgehead atoms. The van der Waals surface area contributed by atoms with Gasteiger partial charge < -0.3 is 9.80 Å². The van der Waals surface area contributed by atoms with Crippen LogP contribution in [0.2, 0.25) is 0 Å². The number of hydrogen-bond donors (Lipinski definition) is 0. The number of piperazine rings is 1. The summed E-state index contributed by atoms with van der Waals surface area (Å²) in [5.41, 5.74) is 1.53. The number of nitrogens with zero attached hydrogens (tertiary/aromatic N) is 5. The molecule has 2 fully saturated rings. The van der Waals surface area contributed by atoms with E-state index in [1.807, 2.05) is 23.1 Å². The van der Waals surface area contributed by atoms with Crippen LogP contribution in [0.5, 0.6) is 0 Å². The topological polar surface area (TPSA) is 69.6 Å². The summed E-state index contributed by atoms with van der Waals surface area (Å²) in [6.07, 6.45) is 8.81. The quantitative estimate of drug-likeness (QED) is 0.771. The van der Waals surface area contributed by atoms with E-state index in [1.165, 1.54) is 24.2 Å². The van der Waals surface area contributed by atoms with E-state index in [0.29, 0.717) is 18.8 Å². The largest absolute Gasteiger partial charge is 0.340 e. The maximum Gasteiger partial charge on any atom is 0.274 e. The SMILES string of the molecule is O=C(c1cnccn1)N1CC(C(=O)N2CCN(C/C=C/c3ccccc3)CC2)C1. The van der Waals surface area contributed by atoms with Crippen LogP contribution in [-0.4, -0.2) is 82.3 Å². The minimum Gasteiger partial charge on any atom is -0.340 e. The van der Waals surface area contributed by atoms with Crippen LogP contribution < -0.4 is 0 Å². The molecular formula is C22H25N5O2. The molecule has 150 valence electrons. The van der Waals surface area contributed by atoms with Crippen LogP contribution in [0.4, 0.5) is 0 Å². The Hall–Kier alpha value is -3.06. The Morgan fingerprint density at radius 1 is 1.00 bits per heavy atom. The van der Waals surface area contributed by atoms with Crippen molar-refractivity contribution >= 4 is 17.9 Å². The van der Waals surface area contributed by atoms with Crippen molar-refractivity contribution in [1.82, 2.24) is 24.7 Å². The summed E-state index contributed by atoms with van der Waals surface area (Å²) < 4.78 is 0. The van der Waals surface area contributed by atoms with Gasteiger partial charge in [0, 0.05) is 58.2 Å². The van der Waals surface area contributed by atoms with Crippen molar-refractivity contribution in [3.8, 4) is 0 Å². The molecule has 0 saturated carbocycles. The zero-order valence-electron chi connectivity index (χ0n) is 16.4. The molecule has 7 heteroatoms. The van der Waals surface area contributed by atoms with E-state index in [9.17, 15) is 9.59 Å². The van der Waals surface area contributed by atoms with Gasteiger partial charge in [0.05, 0.1) is 12.1 Å². The summed E-state index contributed by atoms with van der Waals surface area (Å²) in [6.45, 7) is 5.06. The Morgan fingerprint density at radius 3 is 2.45 bits per heavy atom. The first-order valence-corrected chi connectivity index (χ1v) is 9.99. The molecular weight excluding hydrogens is 366 g/mol. The highest BCUT2D eigenvalue weighted by atomic mass is 16.2. The molecule has 0 N–H and O–H groups in total. The fraction of sp³-hybridized carbons (Fsp3) is 0.364. The molecule has 0 atom stereocenters. The van der Waals surface area contributed by atoms with E-state index in [4.69, 9.17) is 0 Å². The molecule has 2 saturated heterocycles. The van der Waals surface area contributed by atoms with Gasteiger partial charge in [-0.15, -0.1) is 0 Å². The highest BCUT2D eigenvalue weighted by Gasteiger charge is 2.39. The smallest absolute Gasteiger partial charge is 0.274 e. The molecule has 0 spiro atoms. The van der Waals surface area contributed by atoms with Crippen molar-refractivity contribution < 1.29 is 9.59 Å². The predicted molar refractivity (Wildman–Crippen MR) is 110 cm³/mol. The molecule has 2 aliphatic heterocycles. The van der Waals surface area contributed by atoms with Crippen LogP contribution in [0.25, 0.3) is 6.08 Å². The second kappa shape index (κ2) is 8.96. The van der Waals surface area contributed by atoms with Gasteiger partial charge in [0.2, 0.25) is 5.91 Å². The van der Waals surface area contributed by atoms with Crippen LogP contribution in [0.3, 0.4) is 0 Å². The van der Waals surface area contributed by atoms with E-state index >= 15 is 0 Å². The average Bonchev–Trinajstić information content (AvgIpc) is 2.74. The normalized spacial score (nSPS) is 18.1. The minimum atomic E-state index is -0.155. The first kappa shape index (κ1) is 19.3. The van der Waals surface area contributed by atoms with Crippen LogP contribution >= 0.6 is 0 Å². The number of carbonyl (C=O) groups excluding carboxylic acids is 2. The minimum absolute atomic E-state index is 0.0971. The zero-order valence-corrected chi connectivity index (χ0v) is 16.4. The first-order chi connectivity index (χ1) is 14.2. The second-order valence-electron chi connectivity index (χ2n) is 7.44. The third-order valence-corrected chi connectivity index (χ3v) is 5.46. The summed E-state index contributed by atoms with van der Waals surface area (Å²) in [7, 11) is 0. The lowest BCUT2D eigenvalue weighted by Crippen LogP contribution is -2.59. The van der Waals surface area contributed by atoms with Crippen LogP contribution in [0.1, 0.15) is 16.1 Å². The maximum atomic E-state index is 12.7. The Balaban J connectivity index is 1.19. The van der Waals surface area contributed by atoms with Gasteiger partial charge in [-0.3, -0.25) is 19.5 Å². The van der Waals surface area contributed by atoms with Gasteiger partial charge in [-0.05, 0) is 5.56 Å². The standard InChI is InChI=1S/C22H25N5O2/c28-21(19-16-27(17-19)22(29)20-15-23-8-9-24-20)26-13-11-25(12-14-26)10-4-7-18-5-2-1-3-6-18/h1-9,15,19H,10-14,16-17H2/b7-4+. The number of likely N-dealkylation sites (tertiary alicyclic amines) is 1. The molecule has 1 aromatic heterocycles. The van der Waals surface area contributed by atoms with Gasteiger partial charge in [-0.25, -0.2) is 4.98 Å². The van der Waals surface area contributed by atoms with Crippen molar-refractivity contribution in [2.24, 2.45) is 5.92 Å². The fourth-order valence-electron chi connectivity index (χ4n) is 3.68. The Bertz CT molecular complexity index is 857. The molecule has 7 nitrogen and oxygen atoms in total. The van der Waals surface area contributed by atoms with E-state index in [2.05, 4.69) is 39.2 Å². The lowest BCUT2D eigenvalue weighted by molar-refractivity contribution is -0.141. The average molecular weight is 391 g/mol. The molecule has 2 aromatic rings. The Kier molecular flexibility index (Phi) is 5.95. The maximum absolute atomic E-state index is 12.7. The lowest BCUT2D eigenvalue weighted by Gasteiger charge is -2.42. The van der Waals surface area contributed by atoms with E-state index < -0.39 is 0 Å². The number of carbonyl (C=O) groups is 2. The number of benzene rings is 1. The van der Waals surface area contributed by atoms with Gasteiger partial charge in [-0.1, -0.05) is 42.5 Å². The van der Waals surface area contributed by atoms with Crippen molar-refractivity contribution in [3.63, 3.8) is 0 Å². The summed E-state index contributed by atoms with van der Waals surface area (Å²) in [5.74, 6) is -0.0926. The summed E-state index contributed by atoms with van der Waals surface area (Å²) in [6, 6.07) is 10.3. The van der Waals surface area contributed by atoms with E-state index in [0.717, 1.165) is 32.7 Å². The van der Waals surface area contributed by atoms with E-state index in [1.54, 1.807) is 4.90 Å². The fourth-order valence-corrected chi connectivity index (χ4v) is 3.68. The molecule has 3 heterocycles. The molecule has 2 aliphatic rings. The van der Waals surface area contributed by atoms with Crippen LogP contribution in [0, 0.1) is 5.92 Å². The number of aromatic nitrogens is 2. The highest BCUT2D eigenvalue weighted by Crippen LogP contribution is 2.21. The Labute approximate surface area is 170 Å². The number of hydrogen-bond acceptors (Lipinski definition) is 5. The van der Waals surface area contributed by atoms with Gasteiger partial charge in [-0.2, -0.15) is 0 Å². The summed E-state index contributed by atoms with van der Waals surface area (Å²) in [5, 5.41) is 0. The van der Waals surface area contributed by atoms with Gasteiger partial charge in [0.1, 0.15) is 5.69 Å². The molecule has 0 aliphatic carbocycles. The van der Waals surface area contributed by atoms with Crippen molar-refractivity contribution in [2.45, 2.75) is 0 Å². The first-order valence-electron chi connectivity index (χ1n) is 9.99. The molecule has 0 radical (unpaired) electrons. The number of amides is 2. The molecule has 1 aromatic carbocycles. The summed E-state index contributed by atoms with van der Waals surface area (Å²) in [4.78, 5) is 38.9. The lowest BCUT2D eigenvalue weighted by atomic mass is 9.97. The Morgan fingerprint density at radius 2 is 1.76 bits per heavy atom. The van der Waals surface area contributed by atoms with Crippen molar-refractivity contribution in [3.05, 3.63) is 66.3 Å². The third kappa shape index (κ3) is 4.68. The van der Waals surface area contributed by atoms with Gasteiger partial charge in [0.25, 0.3) is 5.91 Å². The number of rotatable bonds is 5. The van der Waals surface area contributed by atoms with Crippen molar-refractivity contribution in [1.29, 1.82) is 0 Å². The van der Waals surface area contributed by atoms with Crippen LogP contribution in [-0.2, 0) is 4.79 Å². The second-order valence-corrected chi connectivity index (χ2v) is 7.44. The van der Waals surface area contributed by atoms with Gasteiger partial charge in [0.15, 0.2) is 0 Å². The predicted octanol–water partition coefficient (Wildman–Crippen LogP) is 1.41. The molecule has 2 amide bonds. The van der Waals surface area contributed by atoms with Gasteiger partial charge >= 0.3 is 0 Å². The van der Waals surface area contributed by atoms with Crippen molar-refractivity contribution in [2.75, 3.05) is 45.8 Å². The summed E-state index contributed by atoms with van der Waals surface area (Å²) >= 11 is 0. The molecule has 4 rings (SSSR count).